The number of aryl methyl sites for hydroxylation is 1. The van der Waals surface area contributed by atoms with Crippen LogP contribution in [0.3, 0.4) is 0 Å². The van der Waals surface area contributed by atoms with Crippen LogP contribution < -0.4 is 15.8 Å². The Morgan fingerprint density at radius 3 is 3.17 bits per heavy atom. The zero-order chi connectivity index (χ0) is 24.6. The Bertz CT molecular complexity index is 1420. The van der Waals surface area contributed by atoms with Crippen molar-refractivity contribution in [1.82, 2.24) is 25.1 Å². The van der Waals surface area contributed by atoms with Gasteiger partial charge in [0.05, 0.1) is 42.0 Å². The lowest BCUT2D eigenvalue weighted by Crippen LogP contribution is -2.50. The van der Waals surface area contributed by atoms with Crippen molar-refractivity contribution < 1.29 is 14.3 Å². The smallest absolute Gasteiger partial charge is 0.226 e. The number of aromatic nitrogens is 4. The van der Waals surface area contributed by atoms with Crippen molar-refractivity contribution in [1.29, 1.82) is 0 Å². The Labute approximate surface area is 212 Å². The number of anilines is 2. The standard InChI is InChI=1S/C25H29N7O3S/c1-14-12-34-7-5-32(14)25(33)15-2-3-17-21(9-15)36-24-22(17)23(27-13-28-24)30-19-8-16-11-29-31-18(16)10-20(19)35-6-4-26/h8,10-11,13-15H,2-7,9,12,26H2,1H3,(H,29,31)(H,27,28,30)/t14-,15+/m1/s1. The van der Waals surface area contributed by atoms with Crippen molar-refractivity contribution >= 4 is 49.9 Å². The number of nitrogens with two attached hydrogens (primary N) is 1. The molecule has 1 fully saturated rings. The molecular formula is C25H29N7O3S. The van der Waals surface area contributed by atoms with Crippen molar-refractivity contribution in [3.63, 3.8) is 0 Å². The third-order valence-corrected chi connectivity index (χ3v) is 8.18. The van der Waals surface area contributed by atoms with E-state index in [1.54, 1.807) is 23.9 Å². The number of hydrogen-bond donors (Lipinski definition) is 3. The zero-order valence-electron chi connectivity index (χ0n) is 20.1. The number of carbonyl (C=O) groups is 1. The fourth-order valence-electron chi connectivity index (χ4n) is 5.19. The van der Waals surface area contributed by atoms with E-state index in [2.05, 4.69) is 32.4 Å². The number of nitrogens with zero attached hydrogens (tertiary/aromatic N) is 4. The molecule has 10 nitrogen and oxygen atoms in total. The first kappa shape index (κ1) is 23.1. The molecule has 1 aliphatic carbocycles. The fourth-order valence-corrected chi connectivity index (χ4v) is 6.46. The van der Waals surface area contributed by atoms with E-state index in [9.17, 15) is 4.79 Å². The molecule has 2 aliphatic rings. The highest BCUT2D eigenvalue weighted by Crippen LogP contribution is 2.42. The van der Waals surface area contributed by atoms with E-state index < -0.39 is 0 Å². The molecule has 4 N–H and O–H groups in total. The number of amides is 1. The summed E-state index contributed by atoms with van der Waals surface area (Å²) in [6, 6.07) is 4.04. The van der Waals surface area contributed by atoms with E-state index in [1.165, 1.54) is 10.4 Å². The number of nitrogens with one attached hydrogen (secondary N) is 2. The van der Waals surface area contributed by atoms with E-state index in [-0.39, 0.29) is 17.9 Å². The summed E-state index contributed by atoms with van der Waals surface area (Å²) in [6.45, 7) is 4.77. The second-order valence-corrected chi connectivity index (χ2v) is 10.5. The van der Waals surface area contributed by atoms with Gasteiger partial charge in [0.25, 0.3) is 0 Å². The number of morpholine rings is 1. The van der Waals surface area contributed by atoms with Crippen LogP contribution in [0.25, 0.3) is 21.1 Å². The van der Waals surface area contributed by atoms with Crippen molar-refractivity contribution in [2.24, 2.45) is 11.7 Å². The van der Waals surface area contributed by atoms with Crippen LogP contribution in [0.1, 0.15) is 23.8 Å². The van der Waals surface area contributed by atoms with Crippen LogP contribution >= 0.6 is 11.3 Å². The third-order valence-electron chi connectivity index (χ3n) is 7.01. The van der Waals surface area contributed by atoms with E-state index in [1.807, 2.05) is 17.0 Å². The number of fused-ring (bicyclic) bond motifs is 4. The predicted molar refractivity (Wildman–Crippen MR) is 139 cm³/mol. The molecule has 1 aromatic carbocycles. The lowest BCUT2D eigenvalue weighted by atomic mass is 9.86. The van der Waals surface area contributed by atoms with Gasteiger partial charge in [-0.25, -0.2) is 9.97 Å². The lowest BCUT2D eigenvalue weighted by molar-refractivity contribution is -0.143. The summed E-state index contributed by atoms with van der Waals surface area (Å²) in [4.78, 5) is 26.6. The molecule has 4 heterocycles. The van der Waals surface area contributed by atoms with Crippen LogP contribution in [0.2, 0.25) is 0 Å². The second-order valence-electron chi connectivity index (χ2n) is 9.37. The van der Waals surface area contributed by atoms with Gasteiger partial charge in [0.2, 0.25) is 5.91 Å². The van der Waals surface area contributed by atoms with Gasteiger partial charge in [-0.1, -0.05) is 0 Å². The molecule has 0 bridgehead atoms. The molecule has 1 aliphatic heterocycles. The maximum atomic E-state index is 13.3. The van der Waals surface area contributed by atoms with E-state index in [0.29, 0.717) is 38.7 Å². The topological polar surface area (TPSA) is 131 Å². The summed E-state index contributed by atoms with van der Waals surface area (Å²) in [7, 11) is 0. The van der Waals surface area contributed by atoms with Crippen LogP contribution in [-0.2, 0) is 22.4 Å². The average molecular weight is 508 g/mol. The van der Waals surface area contributed by atoms with Gasteiger partial charge < -0.3 is 25.4 Å². The van der Waals surface area contributed by atoms with Gasteiger partial charge in [-0.2, -0.15) is 5.10 Å². The Morgan fingerprint density at radius 1 is 1.39 bits per heavy atom. The third kappa shape index (κ3) is 4.16. The molecule has 11 heteroatoms. The first-order valence-electron chi connectivity index (χ1n) is 12.3. The number of thiophene rings is 1. The number of hydrogen-bond acceptors (Lipinski definition) is 9. The average Bonchev–Trinajstić information content (AvgIpc) is 3.51. The molecule has 1 saturated heterocycles. The quantitative estimate of drug-likeness (QED) is 0.363. The maximum Gasteiger partial charge on any atom is 0.226 e. The molecule has 2 atom stereocenters. The molecule has 0 spiro atoms. The lowest BCUT2D eigenvalue weighted by Gasteiger charge is -2.36. The zero-order valence-corrected chi connectivity index (χ0v) is 20.9. The van der Waals surface area contributed by atoms with Crippen LogP contribution in [0, 0.1) is 5.92 Å². The number of rotatable bonds is 6. The Hall–Kier alpha value is -3.28. The summed E-state index contributed by atoms with van der Waals surface area (Å²) in [6.07, 6.45) is 5.75. The SMILES string of the molecule is C[C@@H]1COCCN1C(=O)[C@H]1CCc2c(sc3ncnc(Nc4cc5cn[nH]c5cc4OCCN)c23)C1. The predicted octanol–water partition coefficient (Wildman–Crippen LogP) is 3.00. The number of carbonyl (C=O) groups excluding carboxylic acids is 1. The number of H-pyrrole nitrogens is 1. The molecule has 188 valence electrons. The van der Waals surface area contributed by atoms with Gasteiger partial charge >= 0.3 is 0 Å². The summed E-state index contributed by atoms with van der Waals surface area (Å²) < 4.78 is 11.4. The molecule has 0 saturated carbocycles. The van der Waals surface area contributed by atoms with E-state index >= 15 is 0 Å². The van der Waals surface area contributed by atoms with Gasteiger partial charge in [-0.3, -0.25) is 9.89 Å². The number of aromatic amines is 1. The summed E-state index contributed by atoms with van der Waals surface area (Å²) in [5, 5.41) is 12.6. The second kappa shape index (κ2) is 9.64. The van der Waals surface area contributed by atoms with Crippen LogP contribution in [0.4, 0.5) is 11.5 Å². The van der Waals surface area contributed by atoms with E-state index in [0.717, 1.165) is 51.9 Å². The highest BCUT2D eigenvalue weighted by Gasteiger charge is 2.34. The number of benzene rings is 1. The summed E-state index contributed by atoms with van der Waals surface area (Å²) in [5.74, 6) is 1.66. The van der Waals surface area contributed by atoms with Crippen molar-refractivity contribution in [2.45, 2.75) is 32.2 Å². The normalized spacial score (nSPS) is 20.0. The van der Waals surface area contributed by atoms with Gasteiger partial charge in [-0.15, -0.1) is 11.3 Å². The molecular weight excluding hydrogens is 478 g/mol. The minimum atomic E-state index is -0.00440. The molecule has 0 radical (unpaired) electrons. The van der Waals surface area contributed by atoms with Gasteiger partial charge in [-0.05, 0) is 37.8 Å². The monoisotopic (exact) mass is 507 g/mol. The summed E-state index contributed by atoms with van der Waals surface area (Å²) in [5.41, 5.74) is 8.60. The van der Waals surface area contributed by atoms with Crippen LogP contribution in [0.5, 0.6) is 5.75 Å². The highest BCUT2D eigenvalue weighted by atomic mass is 32.1. The van der Waals surface area contributed by atoms with E-state index in [4.69, 9.17) is 15.2 Å². The summed E-state index contributed by atoms with van der Waals surface area (Å²) >= 11 is 1.67. The van der Waals surface area contributed by atoms with Crippen molar-refractivity contribution in [3.8, 4) is 5.75 Å². The minimum absolute atomic E-state index is 0.00440. The maximum absolute atomic E-state index is 13.3. The minimum Gasteiger partial charge on any atom is -0.490 e. The molecule has 1 amide bonds. The Balaban J connectivity index is 1.31. The highest BCUT2D eigenvalue weighted by molar-refractivity contribution is 7.19. The first-order valence-corrected chi connectivity index (χ1v) is 13.1. The van der Waals surface area contributed by atoms with Crippen LogP contribution in [-0.4, -0.2) is 69.9 Å². The van der Waals surface area contributed by atoms with Gasteiger partial charge in [0, 0.05) is 35.3 Å². The molecule has 36 heavy (non-hydrogen) atoms. The Morgan fingerprint density at radius 2 is 2.31 bits per heavy atom. The molecule has 6 rings (SSSR count). The van der Waals surface area contributed by atoms with Crippen LogP contribution in [0.15, 0.2) is 24.7 Å². The molecule has 3 aromatic heterocycles. The first-order chi connectivity index (χ1) is 17.6. The fraction of sp³-hybridized carbons (Fsp3) is 0.440. The van der Waals surface area contributed by atoms with Gasteiger partial charge in [0.1, 0.15) is 29.3 Å². The molecule has 0 unspecified atom stereocenters. The van der Waals surface area contributed by atoms with Crippen molar-refractivity contribution in [3.05, 3.63) is 35.1 Å². The Kier molecular flexibility index (Phi) is 6.20. The largest absolute Gasteiger partial charge is 0.490 e. The number of ether oxygens (including phenoxy) is 2. The molecule has 4 aromatic rings. The van der Waals surface area contributed by atoms with Gasteiger partial charge in [0.15, 0.2) is 0 Å². The van der Waals surface area contributed by atoms with Crippen molar-refractivity contribution in [2.75, 3.05) is 38.2 Å².